The summed E-state index contributed by atoms with van der Waals surface area (Å²) < 4.78 is 2.45. The molecule has 3 N–H and O–H groups in total. The average Bonchev–Trinajstić information content (AvgIpc) is 2.57. The number of nitrogens with one attached hydrogen (secondary N) is 1. The molecule has 1 heterocycles. The molecule has 0 atom stereocenters. The Morgan fingerprint density at radius 2 is 2.11 bits per heavy atom. The van der Waals surface area contributed by atoms with Gasteiger partial charge in [-0.2, -0.15) is 5.10 Å². The molecule has 0 unspecified atom stereocenters. The maximum absolute atomic E-state index is 12.3. The van der Waals surface area contributed by atoms with Crippen molar-refractivity contribution in [3.63, 3.8) is 0 Å². The lowest BCUT2D eigenvalue weighted by atomic mass is 10.2. The number of halogens is 1. The van der Waals surface area contributed by atoms with Gasteiger partial charge in [0, 0.05) is 22.9 Å². The van der Waals surface area contributed by atoms with Crippen molar-refractivity contribution in [2.24, 2.45) is 7.05 Å². The highest BCUT2D eigenvalue weighted by atomic mass is 79.9. The molecule has 5 nitrogen and oxygen atoms in total. The molecule has 2 aromatic rings. The van der Waals surface area contributed by atoms with E-state index in [1.54, 1.807) is 22.9 Å². The van der Waals surface area contributed by atoms with Crippen LogP contribution in [0, 0.1) is 13.8 Å². The van der Waals surface area contributed by atoms with E-state index in [-0.39, 0.29) is 5.91 Å². The quantitative estimate of drug-likeness (QED) is 0.835. The Morgan fingerprint density at radius 3 is 2.63 bits per heavy atom. The molecule has 0 aliphatic rings. The SMILES string of the molecule is Cc1nn(C)c(C)c1C(=O)Nc1ccc(N)cc1Br. The van der Waals surface area contributed by atoms with Crippen molar-refractivity contribution in [3.8, 4) is 0 Å². The number of carbonyl (C=O) groups is 1. The zero-order valence-corrected chi connectivity index (χ0v) is 12.6. The first-order valence-corrected chi connectivity index (χ1v) is 6.56. The molecule has 0 aliphatic carbocycles. The Bertz CT molecular complexity index is 648. The molecule has 0 saturated carbocycles. The fourth-order valence-corrected chi connectivity index (χ4v) is 2.42. The predicted molar refractivity (Wildman–Crippen MR) is 79.2 cm³/mol. The van der Waals surface area contributed by atoms with Gasteiger partial charge < -0.3 is 11.1 Å². The van der Waals surface area contributed by atoms with Crippen molar-refractivity contribution in [1.82, 2.24) is 9.78 Å². The van der Waals surface area contributed by atoms with Crippen LogP contribution < -0.4 is 11.1 Å². The van der Waals surface area contributed by atoms with Crippen LogP contribution in [-0.4, -0.2) is 15.7 Å². The van der Waals surface area contributed by atoms with Gasteiger partial charge in [-0.3, -0.25) is 9.48 Å². The molecular formula is C13H15BrN4O. The van der Waals surface area contributed by atoms with Crippen LogP contribution in [0.1, 0.15) is 21.7 Å². The number of hydrogen-bond donors (Lipinski definition) is 2. The smallest absolute Gasteiger partial charge is 0.259 e. The minimum Gasteiger partial charge on any atom is -0.399 e. The highest BCUT2D eigenvalue weighted by Gasteiger charge is 2.18. The molecular weight excluding hydrogens is 308 g/mol. The Labute approximate surface area is 119 Å². The van der Waals surface area contributed by atoms with E-state index in [0.29, 0.717) is 22.6 Å². The van der Waals surface area contributed by atoms with Crippen LogP contribution in [0.5, 0.6) is 0 Å². The summed E-state index contributed by atoms with van der Waals surface area (Å²) in [6.07, 6.45) is 0. The van der Waals surface area contributed by atoms with Crippen LogP contribution in [0.2, 0.25) is 0 Å². The average molecular weight is 323 g/mol. The zero-order valence-electron chi connectivity index (χ0n) is 11.0. The Hall–Kier alpha value is -1.82. The highest BCUT2D eigenvalue weighted by molar-refractivity contribution is 9.10. The lowest BCUT2D eigenvalue weighted by Gasteiger charge is -2.08. The minimum atomic E-state index is -0.173. The van der Waals surface area contributed by atoms with Crippen LogP contribution >= 0.6 is 15.9 Å². The van der Waals surface area contributed by atoms with Gasteiger partial charge in [0.2, 0.25) is 0 Å². The minimum absolute atomic E-state index is 0.173. The van der Waals surface area contributed by atoms with Crippen LogP contribution in [0.15, 0.2) is 22.7 Å². The van der Waals surface area contributed by atoms with E-state index in [9.17, 15) is 4.79 Å². The van der Waals surface area contributed by atoms with Crippen molar-refractivity contribution in [1.29, 1.82) is 0 Å². The first kappa shape index (κ1) is 13.6. The molecule has 2 rings (SSSR count). The van der Waals surface area contributed by atoms with Crippen molar-refractivity contribution in [3.05, 3.63) is 39.6 Å². The van der Waals surface area contributed by atoms with E-state index in [1.165, 1.54) is 0 Å². The summed E-state index contributed by atoms with van der Waals surface area (Å²) in [5, 5.41) is 7.09. The monoisotopic (exact) mass is 322 g/mol. The number of amides is 1. The summed E-state index contributed by atoms with van der Waals surface area (Å²) in [7, 11) is 1.82. The van der Waals surface area contributed by atoms with Gasteiger partial charge in [-0.25, -0.2) is 0 Å². The van der Waals surface area contributed by atoms with Crippen molar-refractivity contribution < 1.29 is 4.79 Å². The molecule has 0 spiro atoms. The maximum Gasteiger partial charge on any atom is 0.259 e. The Balaban J connectivity index is 2.31. The second kappa shape index (κ2) is 5.05. The summed E-state index contributed by atoms with van der Waals surface area (Å²) in [5.41, 5.74) is 9.13. The molecule has 1 amide bonds. The van der Waals surface area contributed by atoms with Crippen LogP contribution in [0.25, 0.3) is 0 Å². The molecule has 1 aromatic carbocycles. The molecule has 1 aromatic heterocycles. The Kier molecular flexibility index (Phi) is 3.61. The largest absolute Gasteiger partial charge is 0.399 e. The van der Waals surface area contributed by atoms with Gasteiger partial charge in [0.15, 0.2) is 0 Å². The molecule has 0 bridgehead atoms. The molecule has 0 radical (unpaired) electrons. The predicted octanol–water partition coefficient (Wildman–Crippen LogP) is 2.63. The lowest BCUT2D eigenvalue weighted by Crippen LogP contribution is -2.14. The third-order valence-electron chi connectivity index (χ3n) is 2.98. The molecule has 0 aliphatic heterocycles. The van der Waals surface area contributed by atoms with Crippen molar-refractivity contribution in [2.45, 2.75) is 13.8 Å². The second-order valence-corrected chi connectivity index (χ2v) is 5.22. The van der Waals surface area contributed by atoms with Gasteiger partial charge in [-0.15, -0.1) is 0 Å². The van der Waals surface area contributed by atoms with Gasteiger partial charge in [0.25, 0.3) is 5.91 Å². The van der Waals surface area contributed by atoms with Gasteiger partial charge in [-0.05, 0) is 48.0 Å². The molecule has 0 saturated heterocycles. The molecule has 19 heavy (non-hydrogen) atoms. The second-order valence-electron chi connectivity index (χ2n) is 4.36. The third kappa shape index (κ3) is 2.63. The Morgan fingerprint density at radius 1 is 1.42 bits per heavy atom. The number of nitrogens with zero attached hydrogens (tertiary/aromatic N) is 2. The van der Waals surface area contributed by atoms with Crippen LogP contribution in [-0.2, 0) is 7.05 Å². The fraction of sp³-hybridized carbons (Fsp3) is 0.231. The number of aromatic nitrogens is 2. The van der Waals surface area contributed by atoms with Crippen molar-refractivity contribution in [2.75, 3.05) is 11.1 Å². The van der Waals surface area contributed by atoms with Crippen molar-refractivity contribution >= 4 is 33.2 Å². The molecule has 100 valence electrons. The van der Waals surface area contributed by atoms with E-state index in [2.05, 4.69) is 26.3 Å². The standard InChI is InChI=1S/C13H15BrN4O/c1-7-12(8(2)18(3)17-7)13(19)16-11-5-4-9(15)6-10(11)14/h4-6H,15H2,1-3H3,(H,16,19). The van der Waals surface area contributed by atoms with Gasteiger partial charge in [0.1, 0.15) is 0 Å². The van der Waals surface area contributed by atoms with E-state index in [0.717, 1.165) is 10.2 Å². The highest BCUT2D eigenvalue weighted by Crippen LogP contribution is 2.25. The number of anilines is 2. The number of rotatable bonds is 2. The summed E-state index contributed by atoms with van der Waals surface area (Å²) in [4.78, 5) is 12.3. The number of hydrogen-bond acceptors (Lipinski definition) is 3. The normalized spacial score (nSPS) is 10.5. The molecule has 6 heteroatoms. The lowest BCUT2D eigenvalue weighted by molar-refractivity contribution is 0.102. The number of benzene rings is 1. The first-order chi connectivity index (χ1) is 8.90. The van der Waals surface area contributed by atoms with Gasteiger partial charge >= 0.3 is 0 Å². The van der Waals surface area contributed by atoms with E-state index < -0.39 is 0 Å². The summed E-state index contributed by atoms with van der Waals surface area (Å²) >= 11 is 3.37. The topological polar surface area (TPSA) is 72.9 Å². The number of nitrogen functional groups attached to an aromatic ring is 1. The first-order valence-electron chi connectivity index (χ1n) is 5.76. The summed E-state index contributed by atoms with van der Waals surface area (Å²) in [5.74, 6) is -0.173. The van der Waals surface area contributed by atoms with E-state index in [4.69, 9.17) is 5.73 Å². The summed E-state index contributed by atoms with van der Waals surface area (Å²) in [6.45, 7) is 3.69. The summed E-state index contributed by atoms with van der Waals surface area (Å²) in [6, 6.07) is 5.25. The maximum atomic E-state index is 12.3. The third-order valence-corrected chi connectivity index (χ3v) is 3.63. The number of nitrogens with two attached hydrogens (primary N) is 1. The van der Waals surface area contributed by atoms with Gasteiger partial charge in [0.05, 0.1) is 16.9 Å². The van der Waals surface area contributed by atoms with E-state index >= 15 is 0 Å². The van der Waals surface area contributed by atoms with E-state index in [1.807, 2.05) is 20.9 Å². The molecule has 0 fully saturated rings. The van der Waals surface area contributed by atoms with Crippen LogP contribution in [0.4, 0.5) is 11.4 Å². The number of carbonyl (C=O) groups excluding carboxylic acids is 1. The number of aryl methyl sites for hydroxylation is 2. The van der Waals surface area contributed by atoms with Gasteiger partial charge in [-0.1, -0.05) is 0 Å². The van der Waals surface area contributed by atoms with Crippen LogP contribution in [0.3, 0.4) is 0 Å². The zero-order chi connectivity index (χ0) is 14.2. The fourth-order valence-electron chi connectivity index (χ4n) is 1.92.